The maximum atomic E-state index is 12.0. The van der Waals surface area contributed by atoms with Gasteiger partial charge in [0, 0.05) is 18.6 Å². The summed E-state index contributed by atoms with van der Waals surface area (Å²) in [5.41, 5.74) is 2.46. The van der Waals surface area contributed by atoms with Crippen molar-refractivity contribution in [3.05, 3.63) is 35.4 Å². The minimum atomic E-state index is -0.807. The minimum Gasteiger partial charge on any atom is -0.480 e. The van der Waals surface area contributed by atoms with E-state index in [1.807, 2.05) is 24.0 Å². The Labute approximate surface area is 156 Å². The molecule has 1 aliphatic carbocycles. The summed E-state index contributed by atoms with van der Waals surface area (Å²) in [4.78, 5) is 24.8. The molecule has 1 fully saturated rings. The van der Waals surface area contributed by atoms with E-state index in [1.54, 1.807) is 0 Å². The van der Waals surface area contributed by atoms with Gasteiger partial charge in [-0.15, -0.1) is 0 Å². The molecule has 1 aromatic rings. The summed E-state index contributed by atoms with van der Waals surface area (Å²) in [6, 6.07) is 8.49. The minimum absolute atomic E-state index is 0.0602. The van der Waals surface area contributed by atoms with Gasteiger partial charge in [-0.1, -0.05) is 52.0 Å². The summed E-state index contributed by atoms with van der Waals surface area (Å²) in [5.74, 6) is -0.807. The lowest BCUT2D eigenvalue weighted by molar-refractivity contribution is -0.139. The quantitative estimate of drug-likeness (QED) is 0.697. The van der Waals surface area contributed by atoms with Crippen LogP contribution in [0.5, 0.6) is 0 Å². The molecule has 0 atom stereocenters. The molecule has 1 saturated carbocycles. The molecule has 6 nitrogen and oxygen atoms in total. The lowest BCUT2D eigenvalue weighted by Gasteiger charge is -2.42. The standard InChI is InChI=1S/C20H31N3O3/c1-5-23(13-18(24)25)17-10-16(11-17)22-19(26)21-12-14-6-8-15(9-7-14)20(2,3)4/h6-9,16-17H,5,10-13H2,1-4H3,(H,24,25)(H2,21,22,26). The highest BCUT2D eigenvalue weighted by molar-refractivity contribution is 5.74. The van der Waals surface area contributed by atoms with Crippen LogP contribution < -0.4 is 10.6 Å². The Morgan fingerprint density at radius 2 is 1.81 bits per heavy atom. The van der Waals surface area contributed by atoms with Crippen LogP contribution in [0, 0.1) is 0 Å². The zero-order chi connectivity index (χ0) is 19.3. The van der Waals surface area contributed by atoms with Gasteiger partial charge in [-0.25, -0.2) is 4.79 Å². The van der Waals surface area contributed by atoms with Gasteiger partial charge in [0.25, 0.3) is 0 Å². The van der Waals surface area contributed by atoms with E-state index >= 15 is 0 Å². The molecule has 2 rings (SSSR count). The fourth-order valence-electron chi connectivity index (χ4n) is 3.22. The van der Waals surface area contributed by atoms with E-state index in [0.717, 1.165) is 18.4 Å². The van der Waals surface area contributed by atoms with Crippen molar-refractivity contribution < 1.29 is 14.7 Å². The van der Waals surface area contributed by atoms with E-state index in [1.165, 1.54) is 5.56 Å². The Balaban J connectivity index is 1.71. The molecule has 0 bridgehead atoms. The van der Waals surface area contributed by atoms with Crippen LogP contribution in [-0.4, -0.2) is 47.2 Å². The third-order valence-electron chi connectivity index (χ3n) is 4.98. The number of nitrogens with one attached hydrogen (secondary N) is 2. The number of hydrogen-bond donors (Lipinski definition) is 3. The fraction of sp³-hybridized carbons (Fsp3) is 0.600. The third-order valence-corrected chi connectivity index (χ3v) is 4.98. The summed E-state index contributed by atoms with van der Waals surface area (Å²) in [6.07, 6.45) is 1.60. The van der Waals surface area contributed by atoms with E-state index in [9.17, 15) is 9.59 Å². The second kappa shape index (κ2) is 8.54. The summed E-state index contributed by atoms with van der Waals surface area (Å²) < 4.78 is 0. The molecule has 0 radical (unpaired) electrons. The number of carboxylic acids is 1. The SMILES string of the molecule is CCN(CC(=O)O)C1CC(NC(=O)NCc2ccc(C(C)(C)C)cc2)C1. The van der Waals surface area contributed by atoms with Crippen molar-refractivity contribution >= 4 is 12.0 Å². The zero-order valence-electron chi connectivity index (χ0n) is 16.2. The topological polar surface area (TPSA) is 81.7 Å². The van der Waals surface area contributed by atoms with Crippen molar-refractivity contribution in [1.29, 1.82) is 0 Å². The molecule has 6 heteroatoms. The van der Waals surface area contributed by atoms with Gasteiger partial charge in [0.2, 0.25) is 0 Å². The third kappa shape index (κ3) is 5.73. The number of aliphatic carboxylic acids is 1. The monoisotopic (exact) mass is 361 g/mol. The van der Waals surface area contributed by atoms with Gasteiger partial charge < -0.3 is 15.7 Å². The zero-order valence-corrected chi connectivity index (χ0v) is 16.2. The number of hydrogen-bond acceptors (Lipinski definition) is 3. The van der Waals surface area contributed by atoms with E-state index in [2.05, 4.69) is 43.5 Å². The molecule has 2 amide bonds. The Hall–Kier alpha value is -2.08. The first kappa shape index (κ1) is 20.2. The Bertz CT molecular complexity index is 616. The Morgan fingerprint density at radius 3 is 2.31 bits per heavy atom. The van der Waals surface area contributed by atoms with Crippen molar-refractivity contribution in [2.45, 2.75) is 64.6 Å². The number of carbonyl (C=O) groups excluding carboxylic acids is 1. The first-order valence-electron chi connectivity index (χ1n) is 9.28. The van der Waals surface area contributed by atoms with Crippen molar-refractivity contribution in [2.75, 3.05) is 13.1 Å². The molecule has 26 heavy (non-hydrogen) atoms. The van der Waals surface area contributed by atoms with Crippen LogP contribution in [0.1, 0.15) is 51.7 Å². The van der Waals surface area contributed by atoms with Crippen LogP contribution in [0.15, 0.2) is 24.3 Å². The number of amides is 2. The van der Waals surface area contributed by atoms with E-state index in [-0.39, 0.29) is 30.1 Å². The van der Waals surface area contributed by atoms with Gasteiger partial charge in [-0.05, 0) is 35.9 Å². The van der Waals surface area contributed by atoms with E-state index in [4.69, 9.17) is 5.11 Å². The highest BCUT2D eigenvalue weighted by atomic mass is 16.4. The highest BCUT2D eigenvalue weighted by Gasteiger charge is 2.34. The van der Waals surface area contributed by atoms with Gasteiger partial charge in [0.15, 0.2) is 0 Å². The predicted molar refractivity (Wildman–Crippen MR) is 102 cm³/mol. The van der Waals surface area contributed by atoms with Crippen molar-refractivity contribution in [3.8, 4) is 0 Å². The second-order valence-electron chi connectivity index (χ2n) is 8.05. The molecule has 144 valence electrons. The van der Waals surface area contributed by atoms with E-state index in [0.29, 0.717) is 13.1 Å². The smallest absolute Gasteiger partial charge is 0.317 e. The molecular weight excluding hydrogens is 330 g/mol. The molecule has 1 aliphatic rings. The highest BCUT2D eigenvalue weighted by Crippen LogP contribution is 2.25. The van der Waals surface area contributed by atoms with Gasteiger partial charge >= 0.3 is 12.0 Å². The molecule has 0 aliphatic heterocycles. The molecule has 0 spiro atoms. The summed E-state index contributed by atoms with van der Waals surface area (Å²) in [7, 11) is 0. The molecule has 0 saturated heterocycles. The van der Waals surface area contributed by atoms with Crippen molar-refractivity contribution in [3.63, 3.8) is 0 Å². The molecule has 3 N–H and O–H groups in total. The van der Waals surface area contributed by atoms with Gasteiger partial charge in [-0.3, -0.25) is 9.69 Å². The van der Waals surface area contributed by atoms with Crippen LogP contribution in [-0.2, 0) is 16.8 Å². The van der Waals surface area contributed by atoms with Crippen LogP contribution >= 0.6 is 0 Å². The number of nitrogens with zero attached hydrogens (tertiary/aromatic N) is 1. The average molecular weight is 361 g/mol. The summed E-state index contributed by atoms with van der Waals surface area (Å²) in [6.45, 7) is 9.75. The van der Waals surface area contributed by atoms with Crippen LogP contribution in [0.4, 0.5) is 4.79 Å². The maximum Gasteiger partial charge on any atom is 0.317 e. The lowest BCUT2D eigenvalue weighted by atomic mass is 9.85. The summed E-state index contributed by atoms with van der Waals surface area (Å²) >= 11 is 0. The molecule has 0 aromatic heterocycles. The van der Waals surface area contributed by atoms with E-state index < -0.39 is 5.97 Å². The predicted octanol–water partition coefficient (Wildman–Crippen LogP) is 2.72. The molecule has 0 unspecified atom stereocenters. The number of urea groups is 1. The number of likely N-dealkylation sites (N-methyl/N-ethyl adjacent to an activating group) is 1. The van der Waals surface area contributed by atoms with Crippen molar-refractivity contribution in [2.24, 2.45) is 0 Å². The normalized spacial score (nSPS) is 19.7. The largest absolute Gasteiger partial charge is 0.480 e. The number of carbonyl (C=O) groups is 2. The first-order chi connectivity index (χ1) is 12.2. The average Bonchev–Trinajstić information content (AvgIpc) is 2.53. The Kier molecular flexibility index (Phi) is 6.64. The number of benzene rings is 1. The molecular formula is C20H31N3O3. The van der Waals surface area contributed by atoms with Gasteiger partial charge in [0.1, 0.15) is 0 Å². The Morgan fingerprint density at radius 1 is 1.19 bits per heavy atom. The summed E-state index contributed by atoms with van der Waals surface area (Å²) in [5, 5.41) is 14.8. The van der Waals surface area contributed by atoms with Gasteiger partial charge in [-0.2, -0.15) is 0 Å². The molecule has 1 aromatic carbocycles. The van der Waals surface area contributed by atoms with Gasteiger partial charge in [0.05, 0.1) is 6.54 Å². The van der Waals surface area contributed by atoms with Crippen molar-refractivity contribution in [1.82, 2.24) is 15.5 Å². The fourth-order valence-corrected chi connectivity index (χ4v) is 3.22. The van der Waals surface area contributed by atoms with Crippen LogP contribution in [0.25, 0.3) is 0 Å². The maximum absolute atomic E-state index is 12.0. The lowest BCUT2D eigenvalue weighted by Crippen LogP contribution is -2.56. The number of carboxylic acid groups (broad SMARTS) is 1. The first-order valence-corrected chi connectivity index (χ1v) is 9.28. The van der Waals surface area contributed by atoms with Crippen LogP contribution in [0.3, 0.4) is 0 Å². The van der Waals surface area contributed by atoms with Crippen LogP contribution in [0.2, 0.25) is 0 Å². The second-order valence-corrected chi connectivity index (χ2v) is 8.05. The molecule has 0 heterocycles. The number of rotatable bonds is 7.